The fourth-order valence-electron chi connectivity index (χ4n) is 2.95. The summed E-state index contributed by atoms with van der Waals surface area (Å²) in [5.74, 6) is 0.0213. The highest BCUT2D eigenvalue weighted by atomic mass is 35.5. The van der Waals surface area contributed by atoms with Gasteiger partial charge in [-0.15, -0.1) is 0 Å². The summed E-state index contributed by atoms with van der Waals surface area (Å²) in [6.07, 6.45) is 3.42. The average molecular weight is 409 g/mol. The third-order valence-electron chi connectivity index (χ3n) is 4.33. The molecule has 0 aliphatic heterocycles. The minimum Gasteiger partial charge on any atom is -0.326 e. The van der Waals surface area contributed by atoms with Crippen molar-refractivity contribution in [2.24, 2.45) is 0 Å². The van der Waals surface area contributed by atoms with E-state index >= 15 is 0 Å². The first-order valence-electron chi connectivity index (χ1n) is 9.08. The molecule has 0 bridgehead atoms. The Morgan fingerprint density at radius 1 is 1.10 bits per heavy atom. The van der Waals surface area contributed by atoms with Crippen LogP contribution in [-0.4, -0.2) is 21.8 Å². The highest BCUT2D eigenvalue weighted by molar-refractivity contribution is 6.31. The van der Waals surface area contributed by atoms with Gasteiger partial charge in [0.1, 0.15) is 5.82 Å². The molecule has 6 nitrogen and oxygen atoms in total. The number of rotatable bonds is 5. The molecule has 1 aromatic carbocycles. The van der Waals surface area contributed by atoms with Gasteiger partial charge in [-0.05, 0) is 43.2 Å². The Morgan fingerprint density at radius 2 is 1.86 bits per heavy atom. The van der Waals surface area contributed by atoms with Gasteiger partial charge in [-0.2, -0.15) is 0 Å². The summed E-state index contributed by atoms with van der Waals surface area (Å²) in [7, 11) is 0. The summed E-state index contributed by atoms with van der Waals surface area (Å²) in [4.78, 5) is 34.9. The molecule has 3 aromatic rings. The van der Waals surface area contributed by atoms with Crippen LogP contribution in [-0.2, 0) is 16.0 Å². The van der Waals surface area contributed by atoms with E-state index in [-0.39, 0.29) is 18.2 Å². The van der Waals surface area contributed by atoms with E-state index in [0.717, 1.165) is 16.8 Å². The zero-order chi connectivity index (χ0) is 21.0. The van der Waals surface area contributed by atoms with E-state index in [1.807, 2.05) is 38.1 Å². The minimum atomic E-state index is -0.208. The van der Waals surface area contributed by atoms with Crippen molar-refractivity contribution in [2.45, 2.75) is 27.2 Å². The van der Waals surface area contributed by atoms with E-state index < -0.39 is 0 Å². The maximum absolute atomic E-state index is 12.4. The molecule has 0 spiro atoms. The summed E-state index contributed by atoms with van der Waals surface area (Å²) in [5.41, 5.74) is 3.63. The Bertz CT molecular complexity index is 1070. The number of hydrogen-bond acceptors (Lipinski definition) is 4. The van der Waals surface area contributed by atoms with Crippen LogP contribution in [0.15, 0.2) is 54.9 Å². The standard InChI is InChI=1S/C22H21ClN4O2/c1-14-13-25-15(2)10-20(14)27(16(3)28)21-12-18(8-9-24-21)26-22(29)11-17-6-4-5-7-19(17)23/h4-10,12-13H,11H2,1-3H3,(H,24,26,29). The van der Waals surface area contributed by atoms with Crippen molar-refractivity contribution >= 4 is 40.6 Å². The Kier molecular flexibility index (Phi) is 6.24. The lowest BCUT2D eigenvalue weighted by molar-refractivity contribution is -0.116. The van der Waals surface area contributed by atoms with Crippen molar-refractivity contribution in [2.75, 3.05) is 10.2 Å². The minimum absolute atomic E-state index is 0.149. The van der Waals surface area contributed by atoms with Crippen LogP contribution in [0.1, 0.15) is 23.7 Å². The number of nitrogens with zero attached hydrogens (tertiary/aromatic N) is 3. The molecule has 0 radical (unpaired) electrons. The lowest BCUT2D eigenvalue weighted by atomic mass is 10.1. The predicted molar refractivity (Wildman–Crippen MR) is 115 cm³/mol. The Balaban J connectivity index is 1.85. The predicted octanol–water partition coefficient (Wildman–Crippen LogP) is 4.61. The van der Waals surface area contributed by atoms with Crippen molar-refractivity contribution < 1.29 is 9.59 Å². The van der Waals surface area contributed by atoms with Gasteiger partial charge in [0.2, 0.25) is 11.8 Å². The Labute approximate surface area is 174 Å². The van der Waals surface area contributed by atoms with Crippen molar-refractivity contribution in [3.8, 4) is 0 Å². The van der Waals surface area contributed by atoms with Crippen molar-refractivity contribution in [1.29, 1.82) is 0 Å². The summed E-state index contributed by atoms with van der Waals surface area (Å²) in [6.45, 7) is 5.21. The molecule has 2 heterocycles. The normalized spacial score (nSPS) is 10.5. The van der Waals surface area contributed by atoms with Crippen LogP contribution < -0.4 is 10.2 Å². The Hall–Kier alpha value is -3.25. The number of aryl methyl sites for hydroxylation is 2. The van der Waals surface area contributed by atoms with E-state index in [1.54, 1.807) is 30.6 Å². The van der Waals surface area contributed by atoms with Gasteiger partial charge in [-0.1, -0.05) is 29.8 Å². The Morgan fingerprint density at radius 3 is 2.59 bits per heavy atom. The molecule has 7 heteroatoms. The lowest BCUT2D eigenvalue weighted by Gasteiger charge is -2.23. The molecule has 148 valence electrons. The van der Waals surface area contributed by atoms with E-state index in [2.05, 4.69) is 15.3 Å². The molecule has 29 heavy (non-hydrogen) atoms. The number of amides is 2. The molecule has 1 N–H and O–H groups in total. The van der Waals surface area contributed by atoms with Crippen molar-refractivity contribution in [3.05, 3.63) is 76.7 Å². The highest BCUT2D eigenvalue weighted by Gasteiger charge is 2.19. The monoisotopic (exact) mass is 408 g/mol. The number of benzene rings is 1. The van der Waals surface area contributed by atoms with E-state index in [0.29, 0.717) is 22.2 Å². The molecular weight excluding hydrogens is 388 g/mol. The number of halogens is 1. The second-order valence-corrected chi connectivity index (χ2v) is 7.09. The first-order valence-corrected chi connectivity index (χ1v) is 9.46. The molecule has 2 amide bonds. The van der Waals surface area contributed by atoms with Gasteiger partial charge in [-0.25, -0.2) is 4.98 Å². The van der Waals surface area contributed by atoms with E-state index in [1.165, 1.54) is 11.8 Å². The first-order chi connectivity index (χ1) is 13.8. The summed E-state index contributed by atoms with van der Waals surface area (Å²) >= 11 is 6.13. The lowest BCUT2D eigenvalue weighted by Crippen LogP contribution is -2.25. The summed E-state index contributed by atoms with van der Waals surface area (Å²) < 4.78 is 0. The van der Waals surface area contributed by atoms with E-state index in [9.17, 15) is 9.59 Å². The number of pyridine rings is 2. The molecule has 0 unspecified atom stereocenters. The highest BCUT2D eigenvalue weighted by Crippen LogP contribution is 2.29. The summed E-state index contributed by atoms with van der Waals surface area (Å²) in [6, 6.07) is 12.4. The van der Waals surface area contributed by atoms with Crippen LogP contribution in [0, 0.1) is 13.8 Å². The smallest absolute Gasteiger partial charge is 0.229 e. The van der Waals surface area contributed by atoms with E-state index in [4.69, 9.17) is 11.6 Å². The number of anilines is 3. The van der Waals surface area contributed by atoms with Crippen molar-refractivity contribution in [1.82, 2.24) is 9.97 Å². The van der Waals surface area contributed by atoms with Gasteiger partial charge < -0.3 is 5.32 Å². The number of aromatic nitrogens is 2. The second kappa shape index (κ2) is 8.84. The number of carbonyl (C=O) groups excluding carboxylic acids is 2. The molecule has 0 saturated carbocycles. The summed E-state index contributed by atoms with van der Waals surface area (Å²) in [5, 5.41) is 3.39. The zero-order valence-electron chi connectivity index (χ0n) is 16.4. The molecule has 3 rings (SSSR count). The number of nitrogens with one attached hydrogen (secondary N) is 1. The van der Waals surface area contributed by atoms with Crippen LogP contribution in [0.3, 0.4) is 0 Å². The molecule has 0 atom stereocenters. The third kappa shape index (κ3) is 4.97. The molecule has 0 aliphatic carbocycles. The largest absolute Gasteiger partial charge is 0.326 e. The van der Waals surface area contributed by atoms with Gasteiger partial charge in [0, 0.05) is 41.8 Å². The zero-order valence-corrected chi connectivity index (χ0v) is 17.2. The molecular formula is C22H21ClN4O2. The number of carbonyl (C=O) groups is 2. The fourth-order valence-corrected chi connectivity index (χ4v) is 3.15. The van der Waals surface area contributed by atoms with Gasteiger partial charge >= 0.3 is 0 Å². The second-order valence-electron chi connectivity index (χ2n) is 6.69. The van der Waals surface area contributed by atoms with Crippen LogP contribution in [0.25, 0.3) is 0 Å². The van der Waals surface area contributed by atoms with Gasteiger partial charge in [0.15, 0.2) is 0 Å². The van der Waals surface area contributed by atoms with Crippen LogP contribution in [0.2, 0.25) is 5.02 Å². The van der Waals surface area contributed by atoms with Gasteiger partial charge in [0.05, 0.1) is 12.1 Å². The first kappa shape index (κ1) is 20.5. The quantitative estimate of drug-likeness (QED) is 0.668. The SMILES string of the molecule is CC(=O)N(c1cc(NC(=O)Cc2ccccc2Cl)ccn1)c1cc(C)ncc1C. The van der Waals surface area contributed by atoms with Crippen LogP contribution >= 0.6 is 11.6 Å². The maximum atomic E-state index is 12.4. The number of hydrogen-bond donors (Lipinski definition) is 1. The van der Waals surface area contributed by atoms with Crippen LogP contribution in [0.4, 0.5) is 17.2 Å². The van der Waals surface area contributed by atoms with Gasteiger partial charge in [0.25, 0.3) is 0 Å². The maximum Gasteiger partial charge on any atom is 0.229 e. The molecule has 2 aromatic heterocycles. The molecule has 0 saturated heterocycles. The fraction of sp³-hybridized carbons (Fsp3) is 0.182. The average Bonchev–Trinajstić information content (AvgIpc) is 2.66. The molecule has 0 aliphatic rings. The van der Waals surface area contributed by atoms with Crippen molar-refractivity contribution in [3.63, 3.8) is 0 Å². The van der Waals surface area contributed by atoms with Gasteiger partial charge in [-0.3, -0.25) is 19.5 Å². The third-order valence-corrected chi connectivity index (χ3v) is 4.70. The van der Waals surface area contributed by atoms with Crippen LogP contribution in [0.5, 0.6) is 0 Å². The molecule has 0 fully saturated rings. The topological polar surface area (TPSA) is 75.2 Å².